The SMILES string of the molecule is CC(O)[C@@H](NC(=O)c1ccc(-c2ccccc2C#N)nc1NCCc1cccc(F)c1)C(=O)O. The molecule has 0 fully saturated rings. The summed E-state index contributed by atoms with van der Waals surface area (Å²) in [6, 6.07) is 16.6. The number of anilines is 1. The molecule has 9 heteroatoms. The highest BCUT2D eigenvalue weighted by atomic mass is 19.1. The number of nitriles is 1. The molecule has 1 heterocycles. The van der Waals surface area contributed by atoms with E-state index in [2.05, 4.69) is 21.7 Å². The maximum absolute atomic E-state index is 13.5. The number of carboxylic acid groups (broad SMARTS) is 1. The number of aliphatic carboxylic acids is 1. The number of carbonyl (C=O) groups is 2. The molecule has 3 aromatic rings. The van der Waals surface area contributed by atoms with Crippen LogP contribution in [0.15, 0.2) is 60.7 Å². The Kier molecular flexibility index (Phi) is 7.90. The molecule has 0 aliphatic heterocycles. The number of pyridine rings is 1. The van der Waals surface area contributed by atoms with Crippen LogP contribution in [-0.2, 0) is 11.2 Å². The monoisotopic (exact) mass is 462 g/mol. The van der Waals surface area contributed by atoms with Crippen molar-refractivity contribution in [1.82, 2.24) is 10.3 Å². The second-order valence-corrected chi connectivity index (χ2v) is 7.59. The molecule has 2 aromatic carbocycles. The number of nitrogens with zero attached hydrogens (tertiary/aromatic N) is 2. The Bertz CT molecular complexity index is 1240. The first-order valence-electron chi connectivity index (χ1n) is 10.5. The van der Waals surface area contributed by atoms with Crippen molar-refractivity contribution in [3.05, 3.63) is 83.2 Å². The molecule has 34 heavy (non-hydrogen) atoms. The Hall–Kier alpha value is -4.29. The third-order valence-electron chi connectivity index (χ3n) is 5.09. The molecule has 0 aliphatic carbocycles. The van der Waals surface area contributed by atoms with E-state index in [1.54, 1.807) is 42.5 Å². The predicted molar refractivity (Wildman–Crippen MR) is 124 cm³/mol. The number of carbonyl (C=O) groups excluding carboxylic acids is 1. The fourth-order valence-electron chi connectivity index (χ4n) is 3.36. The van der Waals surface area contributed by atoms with E-state index in [4.69, 9.17) is 0 Å². The number of halogens is 1. The lowest BCUT2D eigenvalue weighted by Crippen LogP contribution is -2.47. The Morgan fingerprint density at radius 1 is 1.15 bits per heavy atom. The molecule has 1 amide bonds. The van der Waals surface area contributed by atoms with Gasteiger partial charge in [-0.1, -0.05) is 30.3 Å². The van der Waals surface area contributed by atoms with Gasteiger partial charge in [0.15, 0.2) is 6.04 Å². The molecule has 0 bridgehead atoms. The minimum absolute atomic E-state index is 0.0596. The standard InChI is InChI=1S/C25H23FN4O4/c1-15(31)22(25(33)34)30-24(32)20-9-10-21(19-8-3-2-6-17(19)14-27)29-23(20)28-12-11-16-5-4-7-18(26)13-16/h2-10,13,15,22,31H,11-12H2,1H3,(H,28,29)(H,30,32)(H,33,34)/t15?,22-/m1/s1. The quantitative estimate of drug-likeness (QED) is 0.384. The Morgan fingerprint density at radius 2 is 1.91 bits per heavy atom. The van der Waals surface area contributed by atoms with Gasteiger partial charge in [-0.25, -0.2) is 14.2 Å². The third-order valence-corrected chi connectivity index (χ3v) is 5.09. The van der Waals surface area contributed by atoms with Crippen molar-refractivity contribution < 1.29 is 24.2 Å². The number of amides is 1. The number of aromatic nitrogens is 1. The van der Waals surface area contributed by atoms with Crippen LogP contribution in [0.3, 0.4) is 0 Å². The van der Waals surface area contributed by atoms with Gasteiger partial charge in [0.25, 0.3) is 5.91 Å². The molecule has 0 spiro atoms. The fourth-order valence-corrected chi connectivity index (χ4v) is 3.36. The van der Waals surface area contributed by atoms with Gasteiger partial charge in [0.2, 0.25) is 0 Å². The number of benzene rings is 2. The summed E-state index contributed by atoms with van der Waals surface area (Å²) in [5, 5.41) is 33.8. The second-order valence-electron chi connectivity index (χ2n) is 7.59. The molecule has 4 N–H and O–H groups in total. The first-order chi connectivity index (χ1) is 16.3. The van der Waals surface area contributed by atoms with Crippen LogP contribution in [0, 0.1) is 17.1 Å². The number of rotatable bonds is 9. The molecule has 0 aliphatic rings. The van der Waals surface area contributed by atoms with E-state index in [9.17, 15) is 29.5 Å². The highest BCUT2D eigenvalue weighted by molar-refractivity contribution is 6.01. The summed E-state index contributed by atoms with van der Waals surface area (Å²) in [7, 11) is 0. The molecule has 8 nitrogen and oxygen atoms in total. The van der Waals surface area contributed by atoms with Crippen LogP contribution in [0.1, 0.15) is 28.4 Å². The van der Waals surface area contributed by atoms with E-state index in [0.717, 1.165) is 5.56 Å². The summed E-state index contributed by atoms with van der Waals surface area (Å²) in [5.41, 5.74) is 2.21. The summed E-state index contributed by atoms with van der Waals surface area (Å²) in [4.78, 5) is 28.8. The van der Waals surface area contributed by atoms with Gasteiger partial charge < -0.3 is 20.8 Å². The lowest BCUT2D eigenvalue weighted by Gasteiger charge is -2.19. The lowest BCUT2D eigenvalue weighted by atomic mass is 10.0. The van der Waals surface area contributed by atoms with E-state index in [1.807, 2.05) is 0 Å². The van der Waals surface area contributed by atoms with Crippen LogP contribution >= 0.6 is 0 Å². The summed E-state index contributed by atoms with van der Waals surface area (Å²) < 4.78 is 13.5. The molecule has 1 unspecified atom stereocenters. The summed E-state index contributed by atoms with van der Waals surface area (Å²) in [6.45, 7) is 1.57. The van der Waals surface area contributed by atoms with Crippen LogP contribution < -0.4 is 10.6 Å². The lowest BCUT2D eigenvalue weighted by molar-refractivity contribution is -0.141. The number of aliphatic hydroxyl groups is 1. The van der Waals surface area contributed by atoms with Crippen molar-refractivity contribution in [3.63, 3.8) is 0 Å². The van der Waals surface area contributed by atoms with E-state index in [-0.39, 0.29) is 17.2 Å². The molecule has 0 saturated heterocycles. The van der Waals surface area contributed by atoms with Gasteiger partial charge in [0, 0.05) is 12.1 Å². The van der Waals surface area contributed by atoms with Crippen LogP contribution in [0.4, 0.5) is 10.2 Å². The minimum Gasteiger partial charge on any atom is -0.480 e. The molecule has 0 saturated carbocycles. The predicted octanol–water partition coefficient (Wildman–Crippen LogP) is 2.98. The smallest absolute Gasteiger partial charge is 0.328 e. The van der Waals surface area contributed by atoms with Gasteiger partial charge in [-0.05, 0) is 49.2 Å². The van der Waals surface area contributed by atoms with Gasteiger partial charge in [-0.3, -0.25) is 4.79 Å². The molecule has 3 rings (SSSR count). The van der Waals surface area contributed by atoms with Crippen molar-refractivity contribution in [2.45, 2.75) is 25.5 Å². The van der Waals surface area contributed by atoms with E-state index in [1.165, 1.54) is 25.1 Å². The highest BCUT2D eigenvalue weighted by Crippen LogP contribution is 2.25. The first-order valence-corrected chi connectivity index (χ1v) is 10.5. The Morgan fingerprint density at radius 3 is 2.59 bits per heavy atom. The molecular weight excluding hydrogens is 439 g/mol. The molecule has 2 atom stereocenters. The normalized spacial score (nSPS) is 12.3. The Balaban J connectivity index is 1.93. The average molecular weight is 462 g/mol. The maximum Gasteiger partial charge on any atom is 0.328 e. The van der Waals surface area contributed by atoms with Gasteiger partial charge >= 0.3 is 5.97 Å². The maximum atomic E-state index is 13.5. The van der Waals surface area contributed by atoms with Crippen molar-refractivity contribution in [1.29, 1.82) is 5.26 Å². The van der Waals surface area contributed by atoms with Crippen molar-refractivity contribution in [2.75, 3.05) is 11.9 Å². The summed E-state index contributed by atoms with van der Waals surface area (Å²) in [6.07, 6.45) is -0.883. The van der Waals surface area contributed by atoms with Crippen LogP contribution in [0.2, 0.25) is 0 Å². The molecule has 174 valence electrons. The van der Waals surface area contributed by atoms with Crippen molar-refractivity contribution >= 4 is 17.7 Å². The number of hydrogen-bond acceptors (Lipinski definition) is 6. The van der Waals surface area contributed by atoms with Crippen LogP contribution in [0.25, 0.3) is 11.3 Å². The van der Waals surface area contributed by atoms with Gasteiger partial charge in [0.1, 0.15) is 11.6 Å². The van der Waals surface area contributed by atoms with Gasteiger partial charge in [-0.15, -0.1) is 0 Å². The first kappa shape index (κ1) is 24.4. The number of aliphatic hydroxyl groups excluding tert-OH is 1. The molecular formula is C25H23FN4O4. The van der Waals surface area contributed by atoms with Crippen LogP contribution in [-0.4, -0.2) is 45.8 Å². The van der Waals surface area contributed by atoms with Gasteiger partial charge in [0.05, 0.1) is 29.0 Å². The zero-order valence-electron chi connectivity index (χ0n) is 18.3. The largest absolute Gasteiger partial charge is 0.480 e. The van der Waals surface area contributed by atoms with Crippen LogP contribution in [0.5, 0.6) is 0 Å². The topological polar surface area (TPSA) is 135 Å². The van der Waals surface area contributed by atoms with E-state index >= 15 is 0 Å². The van der Waals surface area contributed by atoms with E-state index < -0.39 is 24.0 Å². The summed E-state index contributed by atoms with van der Waals surface area (Å²) in [5.74, 6) is -2.32. The van der Waals surface area contributed by atoms with Crippen molar-refractivity contribution in [3.8, 4) is 17.3 Å². The number of carboxylic acids is 1. The number of nitrogens with one attached hydrogen (secondary N) is 2. The minimum atomic E-state index is -1.51. The van der Waals surface area contributed by atoms with Crippen molar-refractivity contribution in [2.24, 2.45) is 0 Å². The number of hydrogen-bond donors (Lipinski definition) is 4. The second kappa shape index (κ2) is 11.0. The molecule has 0 radical (unpaired) electrons. The summed E-state index contributed by atoms with van der Waals surface area (Å²) >= 11 is 0. The fraction of sp³-hybridized carbons (Fsp3) is 0.200. The van der Waals surface area contributed by atoms with Gasteiger partial charge in [-0.2, -0.15) is 5.26 Å². The van der Waals surface area contributed by atoms with E-state index in [0.29, 0.717) is 29.8 Å². The average Bonchev–Trinajstić information content (AvgIpc) is 2.82. The molecule has 1 aromatic heterocycles. The Labute approximate surface area is 195 Å². The third kappa shape index (κ3) is 5.94. The zero-order chi connectivity index (χ0) is 24.7. The zero-order valence-corrected chi connectivity index (χ0v) is 18.3. The highest BCUT2D eigenvalue weighted by Gasteiger charge is 2.27.